The second kappa shape index (κ2) is 3.67. The van der Waals surface area contributed by atoms with E-state index in [0.717, 1.165) is 6.42 Å². The Bertz CT molecular complexity index is 310. The van der Waals surface area contributed by atoms with Crippen LogP contribution in [0.15, 0.2) is 12.1 Å². The molecular weight excluding hydrogens is 190 g/mol. The van der Waals surface area contributed by atoms with Crippen LogP contribution >= 0.6 is 11.3 Å². The van der Waals surface area contributed by atoms with Crippen LogP contribution in [0, 0.1) is 5.41 Å². The molecule has 1 nitrogen and oxygen atoms in total. The summed E-state index contributed by atoms with van der Waals surface area (Å²) in [5.74, 6) is 0. The van der Waals surface area contributed by atoms with Gasteiger partial charge >= 0.3 is 0 Å². The summed E-state index contributed by atoms with van der Waals surface area (Å²) in [5.41, 5.74) is 6.48. The Morgan fingerprint density at radius 1 is 1.43 bits per heavy atom. The first-order valence-corrected chi connectivity index (χ1v) is 6.31. The van der Waals surface area contributed by atoms with E-state index in [4.69, 9.17) is 5.73 Å². The van der Waals surface area contributed by atoms with E-state index in [1.165, 1.54) is 29.0 Å². The summed E-state index contributed by atoms with van der Waals surface area (Å²) in [7, 11) is 0. The van der Waals surface area contributed by atoms with Crippen LogP contribution in [0.25, 0.3) is 0 Å². The van der Waals surface area contributed by atoms with Gasteiger partial charge in [-0.3, -0.25) is 0 Å². The SMILES string of the molecule is CCc1ccc(CC2(C(C)N)CC2)s1. The lowest BCUT2D eigenvalue weighted by Gasteiger charge is -2.18. The zero-order chi connectivity index (χ0) is 10.2. The first-order chi connectivity index (χ1) is 6.66. The smallest absolute Gasteiger partial charge is 0.00705 e. The molecule has 2 rings (SSSR count). The van der Waals surface area contributed by atoms with Crippen LogP contribution < -0.4 is 5.73 Å². The summed E-state index contributed by atoms with van der Waals surface area (Å²) in [4.78, 5) is 3.03. The summed E-state index contributed by atoms with van der Waals surface area (Å²) in [5, 5.41) is 0. The van der Waals surface area contributed by atoms with Gasteiger partial charge in [0, 0.05) is 15.8 Å². The van der Waals surface area contributed by atoms with Gasteiger partial charge in [-0.1, -0.05) is 6.92 Å². The zero-order valence-electron chi connectivity index (χ0n) is 9.05. The van der Waals surface area contributed by atoms with Crippen molar-refractivity contribution in [2.75, 3.05) is 0 Å². The highest BCUT2D eigenvalue weighted by Gasteiger charge is 2.45. The van der Waals surface area contributed by atoms with E-state index in [1.807, 2.05) is 11.3 Å². The molecular formula is C12H19NS. The van der Waals surface area contributed by atoms with Crippen LogP contribution in [-0.2, 0) is 12.8 Å². The Hall–Kier alpha value is -0.340. The maximum Gasteiger partial charge on any atom is 0.00705 e. The number of nitrogens with two attached hydrogens (primary N) is 1. The monoisotopic (exact) mass is 209 g/mol. The average Bonchev–Trinajstić information content (AvgIpc) is 2.78. The lowest BCUT2D eigenvalue weighted by molar-refractivity contribution is 0.421. The van der Waals surface area contributed by atoms with Crippen molar-refractivity contribution in [3.63, 3.8) is 0 Å². The minimum Gasteiger partial charge on any atom is -0.327 e. The van der Waals surface area contributed by atoms with Crippen molar-refractivity contribution in [1.29, 1.82) is 0 Å². The third-order valence-electron chi connectivity index (χ3n) is 3.45. The lowest BCUT2D eigenvalue weighted by Crippen LogP contribution is -2.29. The predicted octanol–water partition coefficient (Wildman–Crippen LogP) is 2.98. The first-order valence-electron chi connectivity index (χ1n) is 5.49. The molecule has 1 aliphatic rings. The molecule has 1 aliphatic carbocycles. The Morgan fingerprint density at radius 3 is 2.50 bits per heavy atom. The largest absolute Gasteiger partial charge is 0.327 e. The van der Waals surface area contributed by atoms with Gasteiger partial charge in [0.05, 0.1) is 0 Å². The molecule has 78 valence electrons. The van der Waals surface area contributed by atoms with Crippen molar-refractivity contribution in [1.82, 2.24) is 0 Å². The molecule has 0 aromatic carbocycles. The second-order valence-electron chi connectivity index (χ2n) is 4.55. The van der Waals surface area contributed by atoms with Gasteiger partial charge in [0.1, 0.15) is 0 Å². The van der Waals surface area contributed by atoms with E-state index < -0.39 is 0 Å². The zero-order valence-corrected chi connectivity index (χ0v) is 9.86. The highest BCUT2D eigenvalue weighted by molar-refractivity contribution is 7.11. The van der Waals surface area contributed by atoms with Gasteiger partial charge in [0.2, 0.25) is 0 Å². The molecule has 0 saturated heterocycles. The third-order valence-corrected chi connectivity index (χ3v) is 4.68. The third kappa shape index (κ3) is 1.86. The summed E-state index contributed by atoms with van der Waals surface area (Å²) in [6.45, 7) is 4.37. The van der Waals surface area contributed by atoms with Gasteiger partial charge in [-0.05, 0) is 50.2 Å². The molecule has 1 unspecified atom stereocenters. The van der Waals surface area contributed by atoms with E-state index >= 15 is 0 Å². The first kappa shape index (κ1) is 10.2. The maximum absolute atomic E-state index is 6.02. The topological polar surface area (TPSA) is 26.0 Å². The molecule has 1 atom stereocenters. The van der Waals surface area contributed by atoms with Gasteiger partial charge in [-0.15, -0.1) is 11.3 Å². The molecule has 0 spiro atoms. The molecule has 1 fully saturated rings. The average molecular weight is 209 g/mol. The normalized spacial score (nSPS) is 20.8. The van der Waals surface area contributed by atoms with Crippen LogP contribution in [0.3, 0.4) is 0 Å². The maximum atomic E-state index is 6.02. The van der Waals surface area contributed by atoms with Gasteiger partial charge < -0.3 is 5.73 Å². The molecule has 14 heavy (non-hydrogen) atoms. The quantitative estimate of drug-likeness (QED) is 0.810. The van der Waals surface area contributed by atoms with Crippen molar-refractivity contribution >= 4 is 11.3 Å². The molecule has 1 heterocycles. The lowest BCUT2D eigenvalue weighted by atomic mass is 9.94. The summed E-state index contributed by atoms with van der Waals surface area (Å²) in [6, 6.07) is 4.90. The molecule has 2 heteroatoms. The Labute approximate surface area is 90.3 Å². The number of aryl methyl sites for hydroxylation is 1. The predicted molar refractivity (Wildman–Crippen MR) is 62.7 cm³/mol. The molecule has 0 aliphatic heterocycles. The Balaban J connectivity index is 2.04. The van der Waals surface area contributed by atoms with Gasteiger partial charge in [0.25, 0.3) is 0 Å². The van der Waals surface area contributed by atoms with Crippen LogP contribution in [0.4, 0.5) is 0 Å². The van der Waals surface area contributed by atoms with Gasteiger partial charge in [-0.25, -0.2) is 0 Å². The van der Waals surface area contributed by atoms with Gasteiger partial charge in [0.15, 0.2) is 0 Å². The van der Waals surface area contributed by atoms with Crippen molar-refractivity contribution in [2.24, 2.45) is 11.1 Å². The van der Waals surface area contributed by atoms with Crippen LogP contribution in [0.5, 0.6) is 0 Å². The van der Waals surface area contributed by atoms with E-state index in [2.05, 4.69) is 26.0 Å². The van der Waals surface area contributed by atoms with E-state index in [0.29, 0.717) is 11.5 Å². The van der Waals surface area contributed by atoms with E-state index in [9.17, 15) is 0 Å². The molecule has 0 radical (unpaired) electrons. The number of hydrogen-bond acceptors (Lipinski definition) is 2. The fourth-order valence-electron chi connectivity index (χ4n) is 2.01. The number of thiophene rings is 1. The fraction of sp³-hybridized carbons (Fsp3) is 0.667. The molecule has 1 saturated carbocycles. The highest BCUT2D eigenvalue weighted by atomic mass is 32.1. The van der Waals surface area contributed by atoms with Crippen LogP contribution in [0.1, 0.15) is 36.4 Å². The molecule has 1 aromatic heterocycles. The standard InChI is InChI=1S/C12H19NS/c1-3-10-4-5-11(14-10)8-12(6-7-12)9(2)13/h4-5,9H,3,6-8,13H2,1-2H3. The molecule has 0 amide bonds. The number of hydrogen-bond donors (Lipinski definition) is 1. The van der Waals surface area contributed by atoms with E-state index in [1.54, 1.807) is 0 Å². The molecule has 1 aromatic rings. The van der Waals surface area contributed by atoms with E-state index in [-0.39, 0.29) is 0 Å². The van der Waals surface area contributed by atoms with Crippen molar-refractivity contribution in [2.45, 2.75) is 45.6 Å². The highest BCUT2D eigenvalue weighted by Crippen LogP contribution is 2.51. The minimum absolute atomic E-state index is 0.356. The van der Waals surface area contributed by atoms with Crippen molar-refractivity contribution in [3.05, 3.63) is 21.9 Å². The summed E-state index contributed by atoms with van der Waals surface area (Å²) >= 11 is 1.96. The Kier molecular flexibility index (Phi) is 2.67. The summed E-state index contributed by atoms with van der Waals surface area (Å²) in [6.07, 6.45) is 5.01. The van der Waals surface area contributed by atoms with Crippen molar-refractivity contribution in [3.8, 4) is 0 Å². The molecule has 0 bridgehead atoms. The number of rotatable bonds is 4. The summed E-state index contributed by atoms with van der Waals surface area (Å²) < 4.78 is 0. The molecule has 2 N–H and O–H groups in total. The van der Waals surface area contributed by atoms with Gasteiger partial charge in [-0.2, -0.15) is 0 Å². The fourth-order valence-corrected chi connectivity index (χ4v) is 3.12. The van der Waals surface area contributed by atoms with Crippen LogP contribution in [-0.4, -0.2) is 6.04 Å². The Morgan fingerprint density at radius 2 is 2.07 bits per heavy atom. The minimum atomic E-state index is 0.356. The van der Waals surface area contributed by atoms with Crippen LogP contribution in [0.2, 0.25) is 0 Å². The van der Waals surface area contributed by atoms with Crippen molar-refractivity contribution < 1.29 is 0 Å². The second-order valence-corrected chi connectivity index (χ2v) is 5.80.